The molecule has 90 valence electrons. The van der Waals surface area contributed by atoms with Crippen molar-refractivity contribution in [2.75, 3.05) is 0 Å². The van der Waals surface area contributed by atoms with Crippen LogP contribution in [0, 0.1) is 0 Å². The molecule has 0 atom stereocenters. The third-order valence-electron chi connectivity index (χ3n) is 2.67. The molecule has 3 heterocycles. The maximum absolute atomic E-state index is 12.1. The van der Waals surface area contributed by atoms with Crippen LogP contribution >= 0.6 is 0 Å². The molecule has 1 N–H and O–H groups in total. The number of pyridine rings is 1. The third-order valence-corrected chi connectivity index (χ3v) is 2.67. The summed E-state index contributed by atoms with van der Waals surface area (Å²) in [6, 6.07) is 5.33. The van der Waals surface area contributed by atoms with E-state index in [4.69, 9.17) is 4.42 Å². The summed E-state index contributed by atoms with van der Waals surface area (Å²) in [5.41, 5.74) is 0.197. The Morgan fingerprint density at radius 1 is 1.28 bits per heavy atom. The molecule has 0 radical (unpaired) electrons. The molecule has 0 amide bonds. The first-order valence-corrected chi connectivity index (χ1v) is 5.34. The molecule has 0 aliphatic heterocycles. The summed E-state index contributed by atoms with van der Waals surface area (Å²) in [7, 11) is 0. The van der Waals surface area contributed by atoms with E-state index >= 15 is 0 Å². The fraction of sp³-hybridized carbons (Fsp3) is 0.0833. The van der Waals surface area contributed by atoms with Crippen LogP contribution in [-0.4, -0.2) is 14.5 Å². The fourth-order valence-electron chi connectivity index (χ4n) is 1.78. The van der Waals surface area contributed by atoms with E-state index in [1.165, 1.54) is 12.5 Å². The normalized spacial score (nSPS) is 10.9. The van der Waals surface area contributed by atoms with Crippen LogP contribution in [0.25, 0.3) is 10.9 Å². The van der Waals surface area contributed by atoms with Gasteiger partial charge in [-0.3, -0.25) is 14.3 Å². The maximum atomic E-state index is 12.1. The molecule has 18 heavy (non-hydrogen) atoms. The first kappa shape index (κ1) is 10.5. The van der Waals surface area contributed by atoms with Crippen molar-refractivity contribution in [1.82, 2.24) is 14.5 Å². The largest absolute Gasteiger partial charge is 0.470 e. The monoisotopic (exact) mass is 243 g/mol. The summed E-state index contributed by atoms with van der Waals surface area (Å²) in [5, 5.41) is 0.352. The molecule has 6 heteroatoms. The molecule has 0 spiro atoms. The lowest BCUT2D eigenvalue weighted by molar-refractivity contribution is 0.571. The van der Waals surface area contributed by atoms with Gasteiger partial charge in [0.25, 0.3) is 5.56 Å². The highest BCUT2D eigenvalue weighted by Crippen LogP contribution is 2.05. The van der Waals surface area contributed by atoms with Crippen molar-refractivity contribution in [3.8, 4) is 0 Å². The molecule has 3 aromatic heterocycles. The van der Waals surface area contributed by atoms with Gasteiger partial charge in [0.05, 0.1) is 17.8 Å². The summed E-state index contributed by atoms with van der Waals surface area (Å²) in [6.45, 7) is 0.135. The predicted octanol–water partition coefficient (Wildman–Crippen LogP) is 0.726. The van der Waals surface area contributed by atoms with Crippen molar-refractivity contribution in [3.05, 3.63) is 63.5 Å². The lowest BCUT2D eigenvalue weighted by Gasteiger charge is -2.03. The number of nitrogens with one attached hydrogen (secondary N) is 1. The highest BCUT2D eigenvalue weighted by Gasteiger charge is 2.09. The summed E-state index contributed by atoms with van der Waals surface area (Å²) in [5.74, 6) is 0. The van der Waals surface area contributed by atoms with Gasteiger partial charge in [-0.15, -0.1) is 0 Å². The third kappa shape index (κ3) is 1.64. The van der Waals surface area contributed by atoms with E-state index in [9.17, 15) is 9.59 Å². The second kappa shape index (κ2) is 3.99. The average Bonchev–Trinajstić information content (AvgIpc) is 2.84. The van der Waals surface area contributed by atoms with Crippen molar-refractivity contribution in [2.24, 2.45) is 0 Å². The number of fused-ring (bicyclic) bond motifs is 1. The highest BCUT2D eigenvalue weighted by atomic mass is 16.3. The summed E-state index contributed by atoms with van der Waals surface area (Å²) in [4.78, 5) is 30.5. The number of nitrogens with zero attached hydrogens (tertiary/aromatic N) is 2. The fourth-order valence-corrected chi connectivity index (χ4v) is 1.78. The first-order valence-electron chi connectivity index (χ1n) is 5.34. The van der Waals surface area contributed by atoms with Gasteiger partial charge in [0.2, 0.25) is 0 Å². The smallest absolute Gasteiger partial charge is 0.329 e. The zero-order chi connectivity index (χ0) is 12.5. The number of aromatic nitrogens is 3. The minimum Gasteiger partial charge on any atom is -0.470 e. The van der Waals surface area contributed by atoms with Gasteiger partial charge in [0, 0.05) is 6.20 Å². The van der Waals surface area contributed by atoms with Gasteiger partial charge in [-0.05, 0) is 12.1 Å². The molecule has 0 fully saturated rings. The molecular formula is C12H9N3O3. The molecule has 0 saturated heterocycles. The lowest BCUT2D eigenvalue weighted by Crippen LogP contribution is -2.35. The molecule has 0 aromatic carbocycles. The molecule has 6 nitrogen and oxygen atoms in total. The number of aromatic amines is 1. The Hall–Kier alpha value is -2.63. The summed E-state index contributed by atoms with van der Waals surface area (Å²) in [6.07, 6.45) is 4.27. The summed E-state index contributed by atoms with van der Waals surface area (Å²) >= 11 is 0. The molecule has 0 unspecified atom stereocenters. The topological polar surface area (TPSA) is 80.9 Å². The van der Waals surface area contributed by atoms with Gasteiger partial charge in [-0.2, -0.15) is 0 Å². The second-order valence-electron chi connectivity index (χ2n) is 3.84. The Kier molecular flexibility index (Phi) is 2.33. The standard InChI is InChI=1S/C12H9N3O3/c16-11-9-6-18-7-10(9)14-12(17)15(11)5-8-3-1-2-4-13-8/h1-4,6-7H,5H2,(H,14,17). The number of rotatable bonds is 2. The van der Waals surface area contributed by atoms with Gasteiger partial charge >= 0.3 is 5.69 Å². The van der Waals surface area contributed by atoms with Crippen molar-refractivity contribution in [2.45, 2.75) is 6.54 Å². The van der Waals surface area contributed by atoms with Gasteiger partial charge in [-0.25, -0.2) is 4.79 Å². The minimum atomic E-state index is -0.473. The second-order valence-corrected chi connectivity index (χ2v) is 3.84. The van der Waals surface area contributed by atoms with Gasteiger partial charge in [0.1, 0.15) is 17.9 Å². The SMILES string of the molecule is O=c1[nH]c2cocc2c(=O)n1Cc1ccccn1. The molecule has 0 bridgehead atoms. The number of H-pyrrole nitrogens is 1. The number of hydrogen-bond acceptors (Lipinski definition) is 4. The highest BCUT2D eigenvalue weighted by molar-refractivity contribution is 5.75. The van der Waals surface area contributed by atoms with Crippen molar-refractivity contribution >= 4 is 10.9 Å². The van der Waals surface area contributed by atoms with Crippen LogP contribution < -0.4 is 11.2 Å². The van der Waals surface area contributed by atoms with E-state index in [1.54, 1.807) is 24.4 Å². The molecule has 3 rings (SSSR count). The average molecular weight is 243 g/mol. The van der Waals surface area contributed by atoms with Crippen LogP contribution in [0.4, 0.5) is 0 Å². The first-order chi connectivity index (χ1) is 8.75. The summed E-state index contributed by atoms with van der Waals surface area (Å²) < 4.78 is 6.00. The molecule has 0 aliphatic carbocycles. The van der Waals surface area contributed by atoms with Crippen LogP contribution in [0.1, 0.15) is 5.69 Å². The van der Waals surface area contributed by atoms with E-state index in [2.05, 4.69) is 9.97 Å². The van der Waals surface area contributed by atoms with Gasteiger partial charge < -0.3 is 9.40 Å². The van der Waals surface area contributed by atoms with Gasteiger partial charge in [0.15, 0.2) is 0 Å². The Labute approximate surface area is 101 Å². The van der Waals surface area contributed by atoms with E-state index in [0.29, 0.717) is 16.6 Å². The van der Waals surface area contributed by atoms with Crippen molar-refractivity contribution in [3.63, 3.8) is 0 Å². The molecular weight excluding hydrogens is 234 g/mol. The Morgan fingerprint density at radius 2 is 2.17 bits per heavy atom. The zero-order valence-corrected chi connectivity index (χ0v) is 9.29. The van der Waals surface area contributed by atoms with E-state index in [1.807, 2.05) is 0 Å². The van der Waals surface area contributed by atoms with Crippen LogP contribution in [-0.2, 0) is 6.54 Å². The number of hydrogen-bond donors (Lipinski definition) is 1. The predicted molar refractivity (Wildman–Crippen MR) is 64.4 cm³/mol. The van der Waals surface area contributed by atoms with Crippen LogP contribution in [0.3, 0.4) is 0 Å². The molecule has 3 aromatic rings. The minimum absolute atomic E-state index is 0.135. The zero-order valence-electron chi connectivity index (χ0n) is 9.29. The molecule has 0 saturated carbocycles. The Morgan fingerprint density at radius 3 is 2.94 bits per heavy atom. The quantitative estimate of drug-likeness (QED) is 0.719. The Bertz CT molecular complexity index is 799. The van der Waals surface area contributed by atoms with Crippen LogP contribution in [0.2, 0.25) is 0 Å². The van der Waals surface area contributed by atoms with Crippen LogP contribution in [0.5, 0.6) is 0 Å². The Balaban J connectivity index is 2.18. The maximum Gasteiger partial charge on any atom is 0.329 e. The molecule has 0 aliphatic rings. The van der Waals surface area contributed by atoms with E-state index in [-0.39, 0.29) is 12.1 Å². The van der Waals surface area contributed by atoms with E-state index in [0.717, 1.165) is 4.57 Å². The van der Waals surface area contributed by atoms with E-state index < -0.39 is 5.69 Å². The van der Waals surface area contributed by atoms with Crippen molar-refractivity contribution in [1.29, 1.82) is 0 Å². The van der Waals surface area contributed by atoms with Crippen LogP contribution in [0.15, 0.2) is 50.9 Å². The van der Waals surface area contributed by atoms with Gasteiger partial charge in [-0.1, -0.05) is 6.07 Å². The number of furan rings is 1. The van der Waals surface area contributed by atoms with Crippen molar-refractivity contribution < 1.29 is 4.42 Å². The lowest BCUT2D eigenvalue weighted by atomic mass is 10.3.